The highest BCUT2D eigenvalue weighted by molar-refractivity contribution is 7.09. The lowest BCUT2D eigenvalue weighted by Gasteiger charge is -2.19. The molecule has 0 spiro atoms. The number of anilines is 1. The normalized spacial score (nSPS) is 11.0. The molecule has 0 unspecified atom stereocenters. The largest absolute Gasteiger partial charge is 0.490 e. The summed E-state index contributed by atoms with van der Waals surface area (Å²) in [6.45, 7) is 7.68. The molecule has 3 aromatic rings. The molecule has 1 aromatic heterocycles. The van der Waals surface area contributed by atoms with E-state index in [1.54, 1.807) is 11.3 Å². The number of hydrogen-bond donors (Lipinski definition) is 1. The van der Waals surface area contributed by atoms with Gasteiger partial charge < -0.3 is 15.0 Å². The third kappa shape index (κ3) is 7.35. The van der Waals surface area contributed by atoms with Crippen LogP contribution in [0.5, 0.6) is 5.75 Å². The topological polar surface area (TPSA) is 54.5 Å². The number of benzene rings is 2. The van der Waals surface area contributed by atoms with Gasteiger partial charge in [-0.05, 0) is 42.9 Å². The average Bonchev–Trinajstić information content (AvgIpc) is 3.19. The van der Waals surface area contributed by atoms with Crippen LogP contribution < -0.4 is 10.1 Å². The first-order valence-electron chi connectivity index (χ1n) is 10.5. The monoisotopic (exact) mass is 457 g/mol. The number of para-hydroxylation sites is 2. The van der Waals surface area contributed by atoms with E-state index in [-0.39, 0.29) is 12.3 Å². The van der Waals surface area contributed by atoms with Crippen LogP contribution in [0.1, 0.15) is 30.1 Å². The number of ether oxygens (including phenoxy) is 1. The number of halogens is 1. The first-order valence-corrected chi connectivity index (χ1v) is 11.7. The summed E-state index contributed by atoms with van der Waals surface area (Å²) in [6, 6.07) is 15.3. The zero-order chi connectivity index (χ0) is 22.1. The van der Waals surface area contributed by atoms with Gasteiger partial charge in [0.15, 0.2) is 0 Å². The lowest BCUT2D eigenvalue weighted by atomic mass is 10.2. The maximum absolute atomic E-state index is 12.6. The van der Waals surface area contributed by atoms with Crippen molar-refractivity contribution in [3.05, 3.63) is 75.2 Å². The molecule has 3 rings (SSSR count). The number of aromatic nitrogens is 1. The second kappa shape index (κ2) is 11.8. The van der Waals surface area contributed by atoms with E-state index < -0.39 is 0 Å². The standard InChI is InChI=1S/C24H28ClN3O2S/c1-3-28(4-2)12-13-30-22-11-6-5-10-21(22)27-23(29)16-20-17-31-24(26-20)15-18-8-7-9-19(25)14-18/h5-11,14,17H,3-4,12-13,15-16H2,1-2H3,(H,27,29). The fourth-order valence-corrected chi connectivity index (χ4v) is 4.25. The van der Waals surface area contributed by atoms with Gasteiger partial charge in [-0.15, -0.1) is 11.3 Å². The highest BCUT2D eigenvalue weighted by Crippen LogP contribution is 2.24. The molecule has 31 heavy (non-hydrogen) atoms. The molecule has 164 valence electrons. The molecule has 0 aliphatic rings. The number of hydrogen-bond acceptors (Lipinski definition) is 5. The number of carbonyl (C=O) groups excluding carboxylic acids is 1. The molecule has 0 atom stereocenters. The van der Waals surface area contributed by atoms with E-state index in [9.17, 15) is 4.79 Å². The first-order chi connectivity index (χ1) is 15.1. The van der Waals surface area contributed by atoms with Gasteiger partial charge in [-0.2, -0.15) is 0 Å². The Bertz CT molecular complexity index is 988. The first kappa shape index (κ1) is 23.3. The van der Waals surface area contributed by atoms with Crippen molar-refractivity contribution in [2.24, 2.45) is 0 Å². The molecule has 5 nitrogen and oxygen atoms in total. The van der Waals surface area contributed by atoms with Crippen molar-refractivity contribution in [3.63, 3.8) is 0 Å². The minimum Gasteiger partial charge on any atom is -0.490 e. The minimum absolute atomic E-state index is 0.112. The Balaban J connectivity index is 1.55. The lowest BCUT2D eigenvalue weighted by Crippen LogP contribution is -2.28. The van der Waals surface area contributed by atoms with E-state index in [0.29, 0.717) is 29.5 Å². The van der Waals surface area contributed by atoms with Gasteiger partial charge in [0.25, 0.3) is 0 Å². The van der Waals surface area contributed by atoms with Crippen molar-refractivity contribution >= 4 is 34.5 Å². The Hall–Kier alpha value is -2.41. The van der Waals surface area contributed by atoms with Crippen LogP contribution in [0.3, 0.4) is 0 Å². The number of nitrogens with zero attached hydrogens (tertiary/aromatic N) is 2. The van der Waals surface area contributed by atoms with Crippen LogP contribution in [0.2, 0.25) is 5.02 Å². The zero-order valence-corrected chi connectivity index (χ0v) is 19.5. The van der Waals surface area contributed by atoms with Crippen molar-refractivity contribution < 1.29 is 9.53 Å². The molecule has 0 bridgehead atoms. The van der Waals surface area contributed by atoms with E-state index in [4.69, 9.17) is 16.3 Å². The SMILES string of the molecule is CCN(CC)CCOc1ccccc1NC(=O)Cc1csc(Cc2cccc(Cl)c2)n1. The van der Waals surface area contributed by atoms with Crippen LogP contribution >= 0.6 is 22.9 Å². The van der Waals surface area contributed by atoms with E-state index in [2.05, 4.69) is 29.0 Å². The Labute approximate surface area is 193 Å². The van der Waals surface area contributed by atoms with Crippen LogP contribution in [-0.2, 0) is 17.6 Å². The van der Waals surface area contributed by atoms with Gasteiger partial charge >= 0.3 is 0 Å². The molecule has 1 N–H and O–H groups in total. The van der Waals surface area contributed by atoms with Gasteiger partial charge in [0, 0.05) is 23.4 Å². The molecular weight excluding hydrogens is 430 g/mol. The van der Waals surface area contributed by atoms with Crippen molar-refractivity contribution in [1.29, 1.82) is 0 Å². The van der Waals surface area contributed by atoms with Crippen molar-refractivity contribution in [2.45, 2.75) is 26.7 Å². The van der Waals surface area contributed by atoms with Crippen LogP contribution in [0.4, 0.5) is 5.69 Å². The summed E-state index contributed by atoms with van der Waals surface area (Å²) in [7, 11) is 0. The van der Waals surface area contributed by atoms with Gasteiger partial charge in [-0.25, -0.2) is 4.98 Å². The minimum atomic E-state index is -0.112. The molecule has 1 heterocycles. The van der Waals surface area contributed by atoms with Crippen molar-refractivity contribution in [1.82, 2.24) is 9.88 Å². The number of rotatable bonds is 11. The highest BCUT2D eigenvalue weighted by Gasteiger charge is 2.12. The van der Waals surface area contributed by atoms with E-state index >= 15 is 0 Å². The van der Waals surface area contributed by atoms with Crippen LogP contribution in [0, 0.1) is 0 Å². The van der Waals surface area contributed by atoms with Crippen LogP contribution in [0.25, 0.3) is 0 Å². The molecule has 0 radical (unpaired) electrons. The van der Waals surface area contributed by atoms with Crippen molar-refractivity contribution in [3.8, 4) is 5.75 Å². The summed E-state index contributed by atoms with van der Waals surface area (Å²) >= 11 is 7.61. The Kier molecular flexibility index (Phi) is 8.88. The number of carbonyl (C=O) groups is 1. The fraction of sp³-hybridized carbons (Fsp3) is 0.333. The Morgan fingerprint density at radius 2 is 1.97 bits per heavy atom. The van der Waals surface area contributed by atoms with E-state index in [0.717, 1.165) is 35.9 Å². The van der Waals surface area contributed by atoms with E-state index in [1.165, 1.54) is 0 Å². The van der Waals surface area contributed by atoms with Gasteiger partial charge in [0.05, 0.1) is 22.8 Å². The fourth-order valence-electron chi connectivity index (χ4n) is 3.21. The van der Waals surface area contributed by atoms with Crippen LogP contribution in [-0.4, -0.2) is 42.0 Å². The number of thiazole rings is 1. The van der Waals surface area contributed by atoms with Gasteiger partial charge in [0.2, 0.25) is 5.91 Å². The van der Waals surface area contributed by atoms with Gasteiger partial charge in [-0.3, -0.25) is 4.79 Å². The summed E-state index contributed by atoms with van der Waals surface area (Å²) in [5.41, 5.74) is 2.55. The predicted molar refractivity (Wildman–Crippen MR) is 128 cm³/mol. The second-order valence-electron chi connectivity index (χ2n) is 7.14. The number of likely N-dealkylation sites (N-methyl/N-ethyl adjacent to an activating group) is 1. The molecule has 0 aliphatic carbocycles. The number of amides is 1. The van der Waals surface area contributed by atoms with Gasteiger partial charge in [-0.1, -0.05) is 49.7 Å². The summed E-state index contributed by atoms with van der Waals surface area (Å²) in [5, 5.41) is 6.58. The maximum Gasteiger partial charge on any atom is 0.230 e. The Morgan fingerprint density at radius 3 is 2.74 bits per heavy atom. The maximum atomic E-state index is 12.6. The quantitative estimate of drug-likeness (QED) is 0.425. The molecular formula is C24H28ClN3O2S. The zero-order valence-electron chi connectivity index (χ0n) is 17.9. The van der Waals surface area contributed by atoms with E-state index in [1.807, 2.05) is 53.9 Å². The Morgan fingerprint density at radius 1 is 1.16 bits per heavy atom. The second-order valence-corrected chi connectivity index (χ2v) is 8.51. The predicted octanol–water partition coefficient (Wildman–Crippen LogP) is 5.29. The van der Waals surface area contributed by atoms with Gasteiger partial charge in [0.1, 0.15) is 12.4 Å². The highest BCUT2D eigenvalue weighted by atomic mass is 35.5. The van der Waals surface area contributed by atoms with Crippen molar-refractivity contribution in [2.75, 3.05) is 31.6 Å². The summed E-state index contributed by atoms with van der Waals surface area (Å²) in [5.74, 6) is 0.572. The third-order valence-corrected chi connectivity index (χ3v) is 6.04. The molecule has 0 aliphatic heterocycles. The molecule has 7 heteroatoms. The summed E-state index contributed by atoms with van der Waals surface area (Å²) in [4.78, 5) is 19.5. The summed E-state index contributed by atoms with van der Waals surface area (Å²) < 4.78 is 5.92. The molecule has 0 saturated carbocycles. The summed E-state index contributed by atoms with van der Waals surface area (Å²) in [6.07, 6.45) is 0.926. The molecule has 1 amide bonds. The van der Waals surface area contributed by atoms with Crippen LogP contribution in [0.15, 0.2) is 53.9 Å². The molecule has 0 fully saturated rings. The lowest BCUT2D eigenvalue weighted by molar-refractivity contribution is -0.115. The molecule has 0 saturated heterocycles. The number of nitrogens with one attached hydrogen (secondary N) is 1. The average molecular weight is 458 g/mol. The third-order valence-electron chi connectivity index (χ3n) is 4.91. The smallest absolute Gasteiger partial charge is 0.230 e. The molecule has 2 aromatic carbocycles.